The highest BCUT2D eigenvalue weighted by molar-refractivity contribution is 5.78. The Morgan fingerprint density at radius 1 is 1.64 bits per heavy atom. The highest BCUT2D eigenvalue weighted by Crippen LogP contribution is 2.18. The van der Waals surface area contributed by atoms with Crippen LogP contribution in [0.5, 0.6) is 5.75 Å². The molecule has 0 aliphatic heterocycles. The molecule has 11 heavy (non-hydrogen) atoms. The third-order valence-electron chi connectivity index (χ3n) is 1.21. The van der Waals surface area contributed by atoms with Crippen molar-refractivity contribution in [2.45, 2.75) is 0 Å². The maximum atomic E-state index is 12.7. The van der Waals surface area contributed by atoms with E-state index in [4.69, 9.17) is 0 Å². The normalized spacial score (nSPS) is 9.27. The molecule has 4 heteroatoms. The lowest BCUT2D eigenvalue weighted by Crippen LogP contribution is -1.94. The largest absolute Gasteiger partial charge is 0.493 e. The molecule has 0 aliphatic carbocycles. The van der Waals surface area contributed by atoms with Crippen LogP contribution >= 0.6 is 0 Å². The molecule has 58 valence electrons. The molecule has 1 rings (SSSR count). The number of pyridine rings is 1. The van der Waals surface area contributed by atoms with E-state index >= 15 is 0 Å². The van der Waals surface area contributed by atoms with Crippen molar-refractivity contribution in [1.29, 1.82) is 0 Å². The van der Waals surface area contributed by atoms with Gasteiger partial charge in [0.05, 0.1) is 18.9 Å². The summed E-state index contributed by atoms with van der Waals surface area (Å²) < 4.78 is 17.3. The molecule has 0 atom stereocenters. The molecule has 0 aromatic carbocycles. The van der Waals surface area contributed by atoms with E-state index in [2.05, 4.69) is 9.72 Å². The first kappa shape index (κ1) is 7.65. The van der Waals surface area contributed by atoms with Crippen LogP contribution < -0.4 is 4.74 Å². The summed E-state index contributed by atoms with van der Waals surface area (Å²) in [5.74, 6) is -0.688. The number of carbonyl (C=O) groups is 1. The molecule has 0 amide bonds. The molecular formula is C7H6FNO2. The van der Waals surface area contributed by atoms with Gasteiger partial charge in [-0.25, -0.2) is 4.39 Å². The van der Waals surface area contributed by atoms with E-state index in [1.165, 1.54) is 13.3 Å². The van der Waals surface area contributed by atoms with Crippen molar-refractivity contribution >= 4 is 6.29 Å². The number of aromatic nitrogens is 1. The fourth-order valence-corrected chi connectivity index (χ4v) is 0.737. The number of methoxy groups -OCH3 is 1. The maximum Gasteiger partial charge on any atom is 0.184 e. The lowest BCUT2D eigenvalue weighted by Gasteiger charge is -2.01. The van der Waals surface area contributed by atoms with E-state index in [9.17, 15) is 9.18 Å². The van der Waals surface area contributed by atoms with Crippen molar-refractivity contribution in [3.8, 4) is 5.75 Å². The number of halogens is 1. The number of rotatable bonds is 2. The number of nitrogens with zero attached hydrogens (tertiary/aromatic N) is 1. The van der Waals surface area contributed by atoms with Gasteiger partial charge in [0.2, 0.25) is 0 Å². The number of carbonyl (C=O) groups excluding carboxylic acids is 1. The zero-order chi connectivity index (χ0) is 8.27. The first-order chi connectivity index (χ1) is 5.29. The summed E-state index contributed by atoms with van der Waals surface area (Å²) in [4.78, 5) is 13.7. The number of hydrogen-bond acceptors (Lipinski definition) is 3. The summed E-state index contributed by atoms with van der Waals surface area (Å²) in [6.45, 7) is 0. The second kappa shape index (κ2) is 3.09. The van der Waals surface area contributed by atoms with Crippen LogP contribution in [0.25, 0.3) is 0 Å². The van der Waals surface area contributed by atoms with Crippen molar-refractivity contribution in [1.82, 2.24) is 4.98 Å². The van der Waals surface area contributed by atoms with E-state index in [1.54, 1.807) is 0 Å². The second-order valence-corrected chi connectivity index (χ2v) is 1.86. The molecule has 0 unspecified atom stereocenters. The molecule has 0 fully saturated rings. The van der Waals surface area contributed by atoms with Crippen LogP contribution in [0.2, 0.25) is 0 Å². The molecular weight excluding hydrogens is 149 g/mol. The minimum absolute atomic E-state index is 0.0602. The van der Waals surface area contributed by atoms with Gasteiger partial charge < -0.3 is 4.74 Å². The molecule has 1 aromatic heterocycles. The smallest absolute Gasteiger partial charge is 0.184 e. The molecule has 0 N–H and O–H groups in total. The summed E-state index contributed by atoms with van der Waals surface area (Å²) in [7, 11) is 1.30. The van der Waals surface area contributed by atoms with Crippen molar-refractivity contribution < 1.29 is 13.9 Å². The van der Waals surface area contributed by atoms with Crippen LogP contribution in [0, 0.1) is 5.82 Å². The fourth-order valence-electron chi connectivity index (χ4n) is 0.737. The van der Waals surface area contributed by atoms with Gasteiger partial charge in [-0.3, -0.25) is 9.78 Å². The zero-order valence-corrected chi connectivity index (χ0v) is 5.87. The average molecular weight is 155 g/mol. The monoisotopic (exact) mass is 155 g/mol. The third kappa shape index (κ3) is 1.34. The summed E-state index contributed by atoms with van der Waals surface area (Å²) in [6, 6.07) is 0. The predicted molar refractivity (Wildman–Crippen MR) is 36.1 cm³/mol. The van der Waals surface area contributed by atoms with Gasteiger partial charge in [-0.05, 0) is 0 Å². The van der Waals surface area contributed by atoms with Gasteiger partial charge in [-0.1, -0.05) is 0 Å². The highest BCUT2D eigenvalue weighted by atomic mass is 19.1. The van der Waals surface area contributed by atoms with Crippen molar-refractivity contribution in [3.63, 3.8) is 0 Å². The minimum atomic E-state index is -0.628. The summed E-state index contributed by atoms with van der Waals surface area (Å²) >= 11 is 0. The second-order valence-electron chi connectivity index (χ2n) is 1.86. The quantitative estimate of drug-likeness (QED) is 0.599. The Balaban J connectivity index is 3.23. The molecule has 0 spiro atoms. The Kier molecular flexibility index (Phi) is 2.15. The maximum absolute atomic E-state index is 12.7. The van der Waals surface area contributed by atoms with Crippen LogP contribution in [0.1, 0.15) is 10.4 Å². The molecule has 0 radical (unpaired) electrons. The van der Waals surface area contributed by atoms with Gasteiger partial charge >= 0.3 is 0 Å². The Bertz CT molecular complexity index is 275. The third-order valence-corrected chi connectivity index (χ3v) is 1.21. The Hall–Kier alpha value is -1.45. The van der Waals surface area contributed by atoms with Crippen LogP contribution in [0.4, 0.5) is 4.39 Å². The Morgan fingerprint density at radius 3 is 2.82 bits per heavy atom. The van der Waals surface area contributed by atoms with Crippen LogP contribution in [0.15, 0.2) is 12.4 Å². The molecule has 1 aromatic rings. The topological polar surface area (TPSA) is 39.2 Å². The summed E-state index contributed by atoms with van der Waals surface area (Å²) in [6.07, 6.45) is 2.73. The van der Waals surface area contributed by atoms with E-state index in [0.717, 1.165) is 6.20 Å². The van der Waals surface area contributed by atoms with Crippen LogP contribution in [-0.2, 0) is 0 Å². The first-order valence-corrected chi connectivity index (χ1v) is 2.92. The van der Waals surface area contributed by atoms with Crippen LogP contribution in [0.3, 0.4) is 0 Å². The predicted octanol–water partition coefficient (Wildman–Crippen LogP) is 1.04. The molecule has 3 nitrogen and oxygen atoms in total. The highest BCUT2D eigenvalue weighted by Gasteiger charge is 2.07. The Morgan fingerprint density at radius 2 is 2.36 bits per heavy atom. The molecule has 1 heterocycles. The van der Waals surface area contributed by atoms with Crippen LogP contribution in [-0.4, -0.2) is 18.4 Å². The lowest BCUT2D eigenvalue weighted by molar-refractivity contribution is 0.111. The molecule has 0 saturated heterocycles. The number of hydrogen-bond donors (Lipinski definition) is 0. The fraction of sp³-hybridized carbons (Fsp3) is 0.143. The van der Waals surface area contributed by atoms with Gasteiger partial charge in [0.1, 0.15) is 0 Å². The number of aldehydes is 1. The first-order valence-electron chi connectivity index (χ1n) is 2.92. The summed E-state index contributed by atoms with van der Waals surface area (Å²) in [5, 5.41) is 0. The van der Waals surface area contributed by atoms with E-state index in [0.29, 0.717) is 6.29 Å². The van der Waals surface area contributed by atoms with Crippen molar-refractivity contribution in [2.24, 2.45) is 0 Å². The van der Waals surface area contributed by atoms with Crippen molar-refractivity contribution in [2.75, 3.05) is 7.11 Å². The molecule has 0 saturated carbocycles. The minimum Gasteiger partial charge on any atom is -0.493 e. The van der Waals surface area contributed by atoms with E-state index < -0.39 is 5.82 Å². The van der Waals surface area contributed by atoms with Gasteiger partial charge in [0.15, 0.2) is 17.9 Å². The van der Waals surface area contributed by atoms with Gasteiger partial charge in [0.25, 0.3) is 0 Å². The standard InChI is InChI=1S/C7H6FNO2/c1-11-7-5(4-10)2-9-3-6(7)8/h2-4H,1H3. The van der Waals surface area contributed by atoms with E-state index in [1.807, 2.05) is 0 Å². The van der Waals surface area contributed by atoms with E-state index in [-0.39, 0.29) is 11.3 Å². The zero-order valence-electron chi connectivity index (χ0n) is 5.87. The van der Waals surface area contributed by atoms with Gasteiger partial charge in [-0.2, -0.15) is 0 Å². The Labute approximate surface area is 62.8 Å². The van der Waals surface area contributed by atoms with Gasteiger partial charge in [-0.15, -0.1) is 0 Å². The molecule has 0 bridgehead atoms. The number of ether oxygens (including phenoxy) is 1. The lowest BCUT2D eigenvalue weighted by atomic mass is 10.3. The molecule has 0 aliphatic rings. The SMILES string of the molecule is COc1c(F)cncc1C=O. The van der Waals surface area contributed by atoms with Gasteiger partial charge in [0, 0.05) is 6.20 Å². The average Bonchev–Trinajstić information content (AvgIpc) is 2.04. The van der Waals surface area contributed by atoms with Crippen molar-refractivity contribution in [3.05, 3.63) is 23.8 Å². The summed E-state index contributed by atoms with van der Waals surface area (Å²) in [5.41, 5.74) is 0.118.